The molecule has 0 radical (unpaired) electrons. The fourth-order valence-electron chi connectivity index (χ4n) is 3.59. The van der Waals surface area contributed by atoms with E-state index >= 15 is 0 Å². The van der Waals surface area contributed by atoms with Crippen LogP contribution in [0.5, 0.6) is 0 Å². The first-order valence-corrected chi connectivity index (χ1v) is 12.2. The number of hydrogen-bond donors (Lipinski definition) is 1. The lowest BCUT2D eigenvalue weighted by atomic mass is 10.1. The van der Waals surface area contributed by atoms with E-state index in [2.05, 4.69) is 75.5 Å². The molecule has 1 aromatic heterocycles. The number of aryl methyl sites for hydroxylation is 1. The Morgan fingerprint density at radius 1 is 0.912 bits per heavy atom. The normalized spacial score (nSPS) is 11.7. The van der Waals surface area contributed by atoms with Crippen molar-refractivity contribution in [3.05, 3.63) is 107 Å². The maximum atomic E-state index is 12.7. The Bertz CT molecular complexity index is 1210. The summed E-state index contributed by atoms with van der Waals surface area (Å²) in [7, 11) is 3.47. The number of nitrogens with zero attached hydrogens (tertiary/aromatic N) is 4. The molecule has 0 spiro atoms. The number of urea groups is 1. The van der Waals surface area contributed by atoms with Crippen LogP contribution in [-0.4, -0.2) is 39.8 Å². The van der Waals surface area contributed by atoms with Gasteiger partial charge in [0.05, 0.1) is 6.04 Å². The highest BCUT2D eigenvalue weighted by Crippen LogP contribution is 2.29. The van der Waals surface area contributed by atoms with Crippen molar-refractivity contribution in [1.29, 1.82) is 0 Å². The average molecular weight is 472 g/mol. The lowest BCUT2D eigenvalue weighted by Crippen LogP contribution is -2.39. The van der Waals surface area contributed by atoms with E-state index in [0.29, 0.717) is 12.2 Å². The van der Waals surface area contributed by atoms with Crippen molar-refractivity contribution in [2.45, 2.75) is 30.3 Å². The van der Waals surface area contributed by atoms with E-state index in [1.54, 1.807) is 25.9 Å². The lowest BCUT2D eigenvalue weighted by Gasteiger charge is -2.22. The van der Waals surface area contributed by atoms with Crippen molar-refractivity contribution in [2.24, 2.45) is 0 Å². The summed E-state index contributed by atoms with van der Waals surface area (Å²) in [6.45, 7) is 2.07. The second-order valence-electron chi connectivity index (χ2n) is 8.37. The zero-order valence-corrected chi connectivity index (χ0v) is 20.5. The lowest BCUT2D eigenvalue weighted by molar-refractivity contribution is 0.212. The SMILES string of the molecule is Cc1ccc(-n2c(SCc3ccccc3)nnc2C(Cc2ccccc2)NC(=O)N(C)C)cc1. The number of carbonyl (C=O) groups excluding carboxylic acids is 1. The predicted molar refractivity (Wildman–Crippen MR) is 137 cm³/mol. The highest BCUT2D eigenvalue weighted by Gasteiger charge is 2.25. The fourth-order valence-corrected chi connectivity index (χ4v) is 4.51. The van der Waals surface area contributed by atoms with Gasteiger partial charge in [-0.2, -0.15) is 0 Å². The van der Waals surface area contributed by atoms with E-state index in [1.165, 1.54) is 16.0 Å². The molecule has 6 nitrogen and oxygen atoms in total. The second kappa shape index (κ2) is 11.0. The van der Waals surface area contributed by atoms with Crippen molar-refractivity contribution in [1.82, 2.24) is 25.0 Å². The summed E-state index contributed by atoms with van der Waals surface area (Å²) in [5.41, 5.74) is 4.48. The number of amides is 2. The minimum atomic E-state index is -0.350. The Morgan fingerprint density at radius 3 is 2.15 bits per heavy atom. The van der Waals surface area contributed by atoms with Crippen molar-refractivity contribution in [3.8, 4) is 5.69 Å². The van der Waals surface area contributed by atoms with Crippen LogP contribution in [0.25, 0.3) is 5.69 Å². The molecule has 1 N–H and O–H groups in total. The van der Waals surface area contributed by atoms with Crippen LogP contribution in [0, 0.1) is 6.92 Å². The molecule has 0 aliphatic rings. The number of benzene rings is 3. The van der Waals surface area contributed by atoms with Crippen LogP contribution in [0.3, 0.4) is 0 Å². The van der Waals surface area contributed by atoms with Gasteiger partial charge in [-0.05, 0) is 30.2 Å². The van der Waals surface area contributed by atoms with E-state index < -0.39 is 0 Å². The Labute approximate surface area is 205 Å². The minimum absolute atomic E-state index is 0.169. The molecule has 2 amide bonds. The van der Waals surface area contributed by atoms with E-state index in [1.807, 2.05) is 36.4 Å². The standard InChI is InChI=1S/C27H29N5OS/c1-20-14-16-23(17-15-20)32-25(29-30-27(32)34-19-22-12-8-5-9-13-22)24(28-26(33)31(2)3)18-21-10-6-4-7-11-21/h4-17,24H,18-19H2,1-3H3,(H,28,33). The first-order chi connectivity index (χ1) is 16.5. The van der Waals surface area contributed by atoms with E-state index in [9.17, 15) is 4.79 Å². The van der Waals surface area contributed by atoms with Gasteiger partial charge in [0.1, 0.15) is 0 Å². The first kappa shape index (κ1) is 23.6. The molecule has 3 aromatic carbocycles. The zero-order valence-electron chi connectivity index (χ0n) is 19.7. The molecule has 0 fully saturated rings. The molecule has 1 atom stereocenters. The third kappa shape index (κ3) is 5.85. The van der Waals surface area contributed by atoms with Crippen LogP contribution in [0.2, 0.25) is 0 Å². The van der Waals surface area contributed by atoms with Crippen LogP contribution < -0.4 is 5.32 Å². The van der Waals surface area contributed by atoms with Gasteiger partial charge in [-0.25, -0.2) is 4.79 Å². The molecule has 4 aromatic rings. The minimum Gasteiger partial charge on any atom is -0.331 e. The molecule has 1 heterocycles. The molecule has 7 heteroatoms. The van der Waals surface area contributed by atoms with Gasteiger partial charge < -0.3 is 10.2 Å². The molecule has 4 rings (SSSR count). The molecule has 0 aliphatic carbocycles. The highest BCUT2D eigenvalue weighted by molar-refractivity contribution is 7.98. The topological polar surface area (TPSA) is 63.1 Å². The summed E-state index contributed by atoms with van der Waals surface area (Å²) < 4.78 is 2.07. The molecule has 0 saturated heterocycles. The Kier molecular flexibility index (Phi) is 7.65. The van der Waals surface area contributed by atoms with Crippen LogP contribution >= 0.6 is 11.8 Å². The van der Waals surface area contributed by atoms with Gasteiger partial charge in [0.25, 0.3) is 0 Å². The van der Waals surface area contributed by atoms with Gasteiger partial charge >= 0.3 is 6.03 Å². The Hall–Kier alpha value is -3.58. The zero-order chi connectivity index (χ0) is 23.9. The fraction of sp³-hybridized carbons (Fsp3) is 0.222. The third-order valence-electron chi connectivity index (χ3n) is 5.46. The van der Waals surface area contributed by atoms with Crippen molar-refractivity contribution in [2.75, 3.05) is 14.1 Å². The number of rotatable bonds is 8. The number of nitrogens with one attached hydrogen (secondary N) is 1. The second-order valence-corrected chi connectivity index (χ2v) is 9.31. The Morgan fingerprint density at radius 2 is 1.53 bits per heavy atom. The molecular formula is C27H29N5OS. The van der Waals surface area contributed by atoms with Crippen LogP contribution in [0.15, 0.2) is 90.1 Å². The molecule has 174 valence electrons. The van der Waals surface area contributed by atoms with Gasteiger partial charge in [0, 0.05) is 32.0 Å². The van der Waals surface area contributed by atoms with Gasteiger partial charge in [-0.1, -0.05) is 90.1 Å². The summed E-state index contributed by atoms with van der Waals surface area (Å²) in [6, 6.07) is 28.2. The molecule has 0 saturated carbocycles. The van der Waals surface area contributed by atoms with E-state index in [-0.39, 0.29) is 12.1 Å². The van der Waals surface area contributed by atoms with Crippen molar-refractivity contribution in [3.63, 3.8) is 0 Å². The van der Waals surface area contributed by atoms with Gasteiger partial charge in [-0.3, -0.25) is 4.57 Å². The molecule has 1 unspecified atom stereocenters. The summed E-state index contributed by atoms with van der Waals surface area (Å²) in [5.74, 6) is 1.48. The quantitative estimate of drug-likeness (QED) is 0.349. The molecule has 0 aliphatic heterocycles. The van der Waals surface area contributed by atoms with Gasteiger partial charge in [0.15, 0.2) is 11.0 Å². The number of thioether (sulfide) groups is 1. The number of hydrogen-bond acceptors (Lipinski definition) is 4. The maximum Gasteiger partial charge on any atom is 0.317 e. The van der Waals surface area contributed by atoms with E-state index in [4.69, 9.17) is 0 Å². The predicted octanol–water partition coefficient (Wildman–Crippen LogP) is 5.42. The van der Waals surface area contributed by atoms with Crippen LogP contribution in [-0.2, 0) is 12.2 Å². The first-order valence-electron chi connectivity index (χ1n) is 11.2. The van der Waals surface area contributed by atoms with Gasteiger partial charge in [0.2, 0.25) is 0 Å². The summed E-state index contributed by atoms with van der Waals surface area (Å²) in [6.07, 6.45) is 0.605. The largest absolute Gasteiger partial charge is 0.331 e. The maximum absolute atomic E-state index is 12.7. The molecule has 0 bridgehead atoms. The summed E-state index contributed by atoms with van der Waals surface area (Å²) in [4.78, 5) is 14.2. The van der Waals surface area contributed by atoms with Gasteiger partial charge in [-0.15, -0.1) is 10.2 Å². The van der Waals surface area contributed by atoms with Crippen molar-refractivity contribution >= 4 is 17.8 Å². The van der Waals surface area contributed by atoms with Crippen molar-refractivity contribution < 1.29 is 4.79 Å². The third-order valence-corrected chi connectivity index (χ3v) is 6.46. The smallest absolute Gasteiger partial charge is 0.317 e. The summed E-state index contributed by atoms with van der Waals surface area (Å²) >= 11 is 1.64. The number of aromatic nitrogens is 3. The summed E-state index contributed by atoms with van der Waals surface area (Å²) in [5, 5.41) is 13.1. The number of carbonyl (C=O) groups is 1. The van der Waals surface area contributed by atoms with Crippen LogP contribution in [0.1, 0.15) is 28.6 Å². The Balaban J connectivity index is 1.73. The monoisotopic (exact) mass is 471 g/mol. The van der Waals surface area contributed by atoms with Crippen LogP contribution in [0.4, 0.5) is 4.79 Å². The highest BCUT2D eigenvalue weighted by atomic mass is 32.2. The molecule has 34 heavy (non-hydrogen) atoms. The van der Waals surface area contributed by atoms with E-state index in [0.717, 1.165) is 22.2 Å². The average Bonchev–Trinajstić information content (AvgIpc) is 3.28. The molecular weight excluding hydrogens is 442 g/mol.